The highest BCUT2D eigenvalue weighted by atomic mass is 35.5. The minimum absolute atomic E-state index is 0.134. The molecule has 0 aliphatic carbocycles. The van der Waals surface area contributed by atoms with Gasteiger partial charge in [-0.1, -0.05) is 49.3 Å². The van der Waals surface area contributed by atoms with E-state index in [2.05, 4.69) is 29.4 Å². The lowest BCUT2D eigenvalue weighted by atomic mass is 10.1. The lowest BCUT2D eigenvalue weighted by molar-refractivity contribution is -0.115. The van der Waals surface area contributed by atoms with E-state index in [9.17, 15) is 9.18 Å². The first-order valence-electron chi connectivity index (χ1n) is 7.07. The van der Waals surface area contributed by atoms with Crippen molar-refractivity contribution in [2.75, 3.05) is 5.32 Å². The van der Waals surface area contributed by atoms with Crippen molar-refractivity contribution in [3.05, 3.63) is 39.6 Å². The first kappa shape index (κ1) is 16.8. The van der Waals surface area contributed by atoms with Gasteiger partial charge in [0.05, 0.1) is 6.42 Å². The first-order valence-corrected chi connectivity index (χ1v) is 8.26. The van der Waals surface area contributed by atoms with Crippen LogP contribution in [0.2, 0.25) is 5.02 Å². The van der Waals surface area contributed by atoms with E-state index in [1.807, 2.05) is 0 Å². The van der Waals surface area contributed by atoms with Gasteiger partial charge >= 0.3 is 0 Å². The van der Waals surface area contributed by atoms with E-state index >= 15 is 0 Å². The Balaban J connectivity index is 2.01. The monoisotopic (exact) mass is 341 g/mol. The number of anilines is 1. The van der Waals surface area contributed by atoms with Gasteiger partial charge in [-0.05, 0) is 18.6 Å². The second-order valence-corrected chi connectivity index (χ2v) is 6.48. The maximum absolute atomic E-state index is 13.7. The Labute approximate surface area is 137 Å². The van der Waals surface area contributed by atoms with Crippen LogP contribution in [0.25, 0.3) is 0 Å². The van der Waals surface area contributed by atoms with E-state index in [1.165, 1.54) is 23.5 Å². The fraction of sp³-hybridized carbons (Fsp3) is 0.400. The van der Waals surface area contributed by atoms with Crippen molar-refractivity contribution in [2.45, 2.75) is 39.0 Å². The van der Waals surface area contributed by atoms with Gasteiger partial charge < -0.3 is 5.32 Å². The Bertz CT molecular complexity index is 642. The number of rotatable bonds is 6. The molecule has 0 saturated carbocycles. The van der Waals surface area contributed by atoms with Crippen LogP contribution in [-0.4, -0.2) is 16.1 Å². The van der Waals surface area contributed by atoms with Crippen LogP contribution < -0.4 is 5.32 Å². The number of carbonyl (C=O) groups excluding carboxylic acids is 1. The first-order chi connectivity index (χ1) is 10.5. The molecule has 1 aromatic carbocycles. The zero-order chi connectivity index (χ0) is 16.1. The molecule has 0 saturated heterocycles. The summed E-state index contributed by atoms with van der Waals surface area (Å²) in [5.74, 6) is -0.538. The van der Waals surface area contributed by atoms with E-state index in [1.54, 1.807) is 6.07 Å². The number of halogens is 2. The Hall–Kier alpha value is -1.53. The molecular formula is C15H17ClFN3OS. The van der Waals surface area contributed by atoms with Crippen molar-refractivity contribution in [2.24, 2.45) is 0 Å². The van der Waals surface area contributed by atoms with Crippen molar-refractivity contribution < 1.29 is 9.18 Å². The number of carbonyl (C=O) groups is 1. The van der Waals surface area contributed by atoms with Crippen LogP contribution in [0.5, 0.6) is 0 Å². The van der Waals surface area contributed by atoms with Crippen LogP contribution in [0.1, 0.15) is 43.2 Å². The summed E-state index contributed by atoms with van der Waals surface area (Å²) in [5, 5.41) is 12.2. The Morgan fingerprint density at radius 3 is 2.91 bits per heavy atom. The minimum Gasteiger partial charge on any atom is -0.300 e. The Morgan fingerprint density at radius 1 is 1.45 bits per heavy atom. The van der Waals surface area contributed by atoms with Crippen molar-refractivity contribution in [1.29, 1.82) is 0 Å². The molecule has 1 amide bonds. The molecule has 0 aliphatic heterocycles. The molecule has 7 heteroatoms. The molecule has 0 radical (unpaired) electrons. The average Bonchev–Trinajstić information content (AvgIpc) is 2.92. The minimum atomic E-state index is -0.489. The predicted octanol–water partition coefficient (Wildman–Crippen LogP) is 4.42. The molecule has 22 heavy (non-hydrogen) atoms. The third-order valence-electron chi connectivity index (χ3n) is 3.23. The lowest BCUT2D eigenvalue weighted by Gasteiger charge is -2.05. The maximum Gasteiger partial charge on any atom is 0.230 e. The molecule has 0 bridgehead atoms. The van der Waals surface area contributed by atoms with Crippen LogP contribution in [0.3, 0.4) is 0 Å². The lowest BCUT2D eigenvalue weighted by Crippen LogP contribution is -2.15. The van der Waals surface area contributed by atoms with E-state index in [0.717, 1.165) is 17.8 Å². The largest absolute Gasteiger partial charge is 0.300 e. The van der Waals surface area contributed by atoms with Crippen molar-refractivity contribution in [1.82, 2.24) is 10.2 Å². The van der Waals surface area contributed by atoms with Gasteiger partial charge in [-0.2, -0.15) is 0 Å². The zero-order valence-electron chi connectivity index (χ0n) is 12.4. The van der Waals surface area contributed by atoms with Crippen LogP contribution in [0.15, 0.2) is 18.2 Å². The normalized spacial score (nSPS) is 12.2. The number of aromatic nitrogens is 2. The molecular weight excluding hydrogens is 325 g/mol. The quantitative estimate of drug-likeness (QED) is 0.846. The van der Waals surface area contributed by atoms with Crippen LogP contribution in [0.4, 0.5) is 9.52 Å². The summed E-state index contributed by atoms with van der Waals surface area (Å²) in [6.45, 7) is 4.19. The second kappa shape index (κ2) is 7.65. The van der Waals surface area contributed by atoms with Gasteiger partial charge in [0.2, 0.25) is 11.0 Å². The molecule has 0 unspecified atom stereocenters. The van der Waals surface area contributed by atoms with Gasteiger partial charge in [-0.15, -0.1) is 10.2 Å². The molecule has 1 N–H and O–H groups in total. The summed E-state index contributed by atoms with van der Waals surface area (Å²) in [6.07, 6.45) is 1.95. The van der Waals surface area contributed by atoms with Gasteiger partial charge in [0, 0.05) is 16.5 Å². The van der Waals surface area contributed by atoms with Crippen molar-refractivity contribution in [3.8, 4) is 0 Å². The Kier molecular flexibility index (Phi) is 5.85. The summed E-state index contributed by atoms with van der Waals surface area (Å²) in [4.78, 5) is 12.0. The summed E-state index contributed by atoms with van der Waals surface area (Å²) in [5.41, 5.74) is 0.186. The van der Waals surface area contributed by atoms with E-state index in [4.69, 9.17) is 11.6 Å². The third-order valence-corrected chi connectivity index (χ3v) is 4.65. The molecule has 1 atom stereocenters. The number of hydrogen-bond donors (Lipinski definition) is 1. The van der Waals surface area contributed by atoms with E-state index in [0.29, 0.717) is 11.0 Å². The van der Waals surface area contributed by atoms with Crippen LogP contribution in [0, 0.1) is 5.82 Å². The maximum atomic E-state index is 13.7. The highest BCUT2D eigenvalue weighted by molar-refractivity contribution is 7.15. The van der Waals surface area contributed by atoms with Gasteiger partial charge in [-0.3, -0.25) is 4.79 Å². The molecule has 118 valence electrons. The number of hydrogen-bond acceptors (Lipinski definition) is 4. The molecule has 2 rings (SSSR count). The number of nitrogens with one attached hydrogen (secondary N) is 1. The number of nitrogens with zero attached hydrogens (tertiary/aromatic N) is 2. The third kappa shape index (κ3) is 4.24. The van der Waals surface area contributed by atoms with Crippen molar-refractivity contribution in [3.63, 3.8) is 0 Å². The van der Waals surface area contributed by atoms with Crippen LogP contribution >= 0.6 is 22.9 Å². The second-order valence-electron chi connectivity index (χ2n) is 5.06. The fourth-order valence-corrected chi connectivity index (χ4v) is 3.14. The average molecular weight is 342 g/mol. The summed E-state index contributed by atoms with van der Waals surface area (Å²) < 4.78 is 13.7. The SMILES string of the molecule is CCC[C@H](C)c1nnc(NC(=O)Cc2c(F)cccc2Cl)s1. The number of amides is 1. The summed E-state index contributed by atoms with van der Waals surface area (Å²) >= 11 is 7.26. The van der Waals surface area contributed by atoms with E-state index in [-0.39, 0.29) is 22.9 Å². The molecule has 1 aromatic heterocycles. The van der Waals surface area contributed by atoms with Crippen LogP contribution in [-0.2, 0) is 11.2 Å². The van der Waals surface area contributed by atoms with Gasteiger partial charge in [0.1, 0.15) is 10.8 Å². The molecule has 2 aromatic rings. The van der Waals surface area contributed by atoms with Crippen molar-refractivity contribution >= 4 is 34.0 Å². The van der Waals surface area contributed by atoms with E-state index < -0.39 is 5.82 Å². The zero-order valence-corrected chi connectivity index (χ0v) is 14.0. The highest BCUT2D eigenvalue weighted by Gasteiger charge is 2.15. The molecule has 1 heterocycles. The topological polar surface area (TPSA) is 54.9 Å². The summed E-state index contributed by atoms with van der Waals surface area (Å²) in [6, 6.07) is 4.35. The van der Waals surface area contributed by atoms with Gasteiger partial charge in [0.25, 0.3) is 0 Å². The standard InChI is InChI=1S/C15H17ClFN3OS/c1-3-5-9(2)14-19-20-15(22-14)18-13(21)8-10-11(16)6-4-7-12(10)17/h4,6-7,9H,3,5,8H2,1-2H3,(H,18,20,21)/t9-/m0/s1. The molecule has 0 aliphatic rings. The fourth-order valence-electron chi connectivity index (χ4n) is 2.07. The molecule has 0 fully saturated rings. The number of benzene rings is 1. The highest BCUT2D eigenvalue weighted by Crippen LogP contribution is 2.26. The molecule has 4 nitrogen and oxygen atoms in total. The molecule has 0 spiro atoms. The predicted molar refractivity (Wildman–Crippen MR) is 87.0 cm³/mol. The van der Waals surface area contributed by atoms with Gasteiger partial charge in [-0.25, -0.2) is 4.39 Å². The summed E-state index contributed by atoms with van der Waals surface area (Å²) in [7, 11) is 0. The Morgan fingerprint density at radius 2 is 2.23 bits per heavy atom. The smallest absolute Gasteiger partial charge is 0.230 e. The van der Waals surface area contributed by atoms with Gasteiger partial charge in [0.15, 0.2) is 0 Å².